The molecule has 1 aromatic rings. The Morgan fingerprint density at radius 3 is 2.52 bits per heavy atom. The van der Waals surface area contributed by atoms with Gasteiger partial charge in [0.2, 0.25) is 0 Å². The fraction of sp³-hybridized carbons (Fsp3) is 0.467. The highest BCUT2D eigenvalue weighted by Crippen LogP contribution is 2.25. The summed E-state index contributed by atoms with van der Waals surface area (Å²) in [6.07, 6.45) is 6.20. The van der Waals surface area contributed by atoms with E-state index in [4.69, 9.17) is 10.9 Å². The maximum Gasteiger partial charge on any atom is 0.254 e. The van der Waals surface area contributed by atoms with Crippen LogP contribution in [0.3, 0.4) is 0 Å². The number of benzene rings is 1. The molecule has 0 spiro atoms. The predicted octanol–water partition coefficient (Wildman–Crippen LogP) is 2.54. The van der Waals surface area contributed by atoms with Gasteiger partial charge in [0.05, 0.1) is 6.54 Å². The zero-order valence-electron chi connectivity index (χ0n) is 12.2. The number of oxime groups is 1. The van der Waals surface area contributed by atoms with Crippen molar-refractivity contribution in [2.75, 3.05) is 12.8 Å². The highest BCUT2D eigenvalue weighted by Gasteiger charge is 2.28. The van der Waals surface area contributed by atoms with E-state index in [-0.39, 0.29) is 24.3 Å². The molecule has 21 heavy (non-hydrogen) atoms. The molecule has 2 rings (SSSR count). The molecule has 6 heteroatoms. The minimum atomic E-state index is -0.0545. The summed E-state index contributed by atoms with van der Waals surface area (Å²) in [6, 6.07) is 7.73. The molecule has 1 amide bonds. The molecular weight excluding hydrogens is 286 g/mol. The molecular formula is C15H21N3O2S. The van der Waals surface area contributed by atoms with E-state index in [0.717, 1.165) is 30.6 Å². The number of nitrogens with two attached hydrogens (primary N) is 1. The molecule has 0 saturated heterocycles. The van der Waals surface area contributed by atoms with Crippen molar-refractivity contribution in [3.63, 3.8) is 0 Å². The van der Waals surface area contributed by atoms with Gasteiger partial charge in [0, 0.05) is 16.5 Å². The summed E-state index contributed by atoms with van der Waals surface area (Å²) in [6.45, 7) is 0.171. The van der Waals surface area contributed by atoms with Gasteiger partial charge in [-0.05, 0) is 43.4 Å². The van der Waals surface area contributed by atoms with Crippen molar-refractivity contribution in [3.8, 4) is 0 Å². The summed E-state index contributed by atoms with van der Waals surface area (Å²) in [5, 5.41) is 11.8. The van der Waals surface area contributed by atoms with Crippen molar-refractivity contribution >= 4 is 23.5 Å². The zero-order chi connectivity index (χ0) is 15.2. The number of carbonyl (C=O) groups is 1. The lowest BCUT2D eigenvalue weighted by molar-refractivity contribution is 0.0712. The van der Waals surface area contributed by atoms with Crippen LogP contribution in [0.4, 0.5) is 0 Å². The van der Waals surface area contributed by atoms with Gasteiger partial charge in [-0.1, -0.05) is 18.0 Å². The van der Waals surface area contributed by atoms with Gasteiger partial charge < -0.3 is 15.8 Å². The van der Waals surface area contributed by atoms with Crippen LogP contribution in [-0.2, 0) is 0 Å². The maximum atomic E-state index is 12.7. The molecule has 1 saturated carbocycles. The Morgan fingerprint density at radius 1 is 1.38 bits per heavy atom. The van der Waals surface area contributed by atoms with Crippen LogP contribution in [0.5, 0.6) is 0 Å². The number of hydrogen-bond donors (Lipinski definition) is 2. The monoisotopic (exact) mass is 307 g/mol. The molecule has 0 heterocycles. The van der Waals surface area contributed by atoms with Gasteiger partial charge in [-0.3, -0.25) is 4.79 Å². The summed E-state index contributed by atoms with van der Waals surface area (Å²) >= 11 is 1.64. The lowest BCUT2D eigenvalue weighted by Crippen LogP contribution is -2.44. The van der Waals surface area contributed by atoms with Gasteiger partial charge in [-0.15, -0.1) is 11.8 Å². The van der Waals surface area contributed by atoms with Gasteiger partial charge >= 0.3 is 0 Å². The standard InChI is InChI=1S/C15H21N3O2S/c1-21-13-8-6-11(7-9-13)15(19)18(10-14(16)17-20)12-4-2-3-5-12/h6-9,12,20H,2-5,10H2,1H3,(H2,16,17). The Kier molecular flexibility index (Phi) is 5.50. The predicted molar refractivity (Wildman–Crippen MR) is 84.9 cm³/mol. The number of thioether (sulfide) groups is 1. The average Bonchev–Trinajstić information content (AvgIpc) is 3.06. The minimum absolute atomic E-state index is 0.0545. The fourth-order valence-corrected chi connectivity index (χ4v) is 3.10. The smallest absolute Gasteiger partial charge is 0.254 e. The van der Waals surface area contributed by atoms with Gasteiger partial charge in [0.1, 0.15) is 0 Å². The van der Waals surface area contributed by atoms with Crippen LogP contribution < -0.4 is 5.73 Å². The summed E-state index contributed by atoms with van der Waals surface area (Å²) in [4.78, 5) is 15.6. The Morgan fingerprint density at radius 2 is 2.00 bits per heavy atom. The summed E-state index contributed by atoms with van der Waals surface area (Å²) in [7, 11) is 0. The first kappa shape index (κ1) is 15.7. The fourth-order valence-electron chi connectivity index (χ4n) is 2.69. The normalized spacial score (nSPS) is 16.1. The molecule has 1 aliphatic carbocycles. The highest BCUT2D eigenvalue weighted by atomic mass is 32.2. The minimum Gasteiger partial charge on any atom is -0.409 e. The highest BCUT2D eigenvalue weighted by molar-refractivity contribution is 7.98. The molecule has 0 unspecified atom stereocenters. The van der Waals surface area contributed by atoms with Crippen LogP contribution in [0, 0.1) is 0 Å². The molecule has 0 atom stereocenters. The molecule has 1 fully saturated rings. The Hall–Kier alpha value is -1.69. The van der Waals surface area contributed by atoms with Crippen LogP contribution >= 0.6 is 11.8 Å². The van der Waals surface area contributed by atoms with Crippen molar-refractivity contribution in [1.29, 1.82) is 0 Å². The van der Waals surface area contributed by atoms with E-state index >= 15 is 0 Å². The van der Waals surface area contributed by atoms with Gasteiger partial charge in [-0.25, -0.2) is 0 Å². The largest absolute Gasteiger partial charge is 0.409 e. The topological polar surface area (TPSA) is 78.9 Å². The van der Waals surface area contributed by atoms with Crippen molar-refractivity contribution in [2.24, 2.45) is 10.9 Å². The molecule has 0 aromatic heterocycles. The molecule has 0 bridgehead atoms. The number of amides is 1. The van der Waals surface area contributed by atoms with Crippen molar-refractivity contribution in [2.45, 2.75) is 36.6 Å². The quantitative estimate of drug-likeness (QED) is 0.288. The van der Waals surface area contributed by atoms with Crippen LogP contribution in [0.25, 0.3) is 0 Å². The summed E-state index contributed by atoms with van der Waals surface area (Å²) in [5.41, 5.74) is 6.25. The number of nitrogens with zero attached hydrogens (tertiary/aromatic N) is 2. The molecule has 0 radical (unpaired) electrons. The van der Waals surface area contributed by atoms with E-state index in [0.29, 0.717) is 5.56 Å². The zero-order valence-corrected chi connectivity index (χ0v) is 13.0. The van der Waals surface area contributed by atoms with Gasteiger partial charge in [0.25, 0.3) is 5.91 Å². The second-order valence-electron chi connectivity index (χ2n) is 5.19. The van der Waals surface area contributed by atoms with Crippen molar-refractivity contribution in [1.82, 2.24) is 4.90 Å². The van der Waals surface area contributed by atoms with Crippen LogP contribution in [0.2, 0.25) is 0 Å². The van der Waals surface area contributed by atoms with E-state index in [1.807, 2.05) is 30.5 Å². The van der Waals surface area contributed by atoms with Gasteiger partial charge in [0.15, 0.2) is 5.84 Å². The lowest BCUT2D eigenvalue weighted by Gasteiger charge is -2.28. The van der Waals surface area contributed by atoms with E-state index < -0.39 is 0 Å². The van der Waals surface area contributed by atoms with E-state index in [1.54, 1.807) is 16.7 Å². The third-order valence-electron chi connectivity index (χ3n) is 3.82. The number of rotatable bonds is 5. The van der Waals surface area contributed by atoms with E-state index in [1.165, 1.54) is 0 Å². The van der Waals surface area contributed by atoms with Gasteiger partial charge in [-0.2, -0.15) is 0 Å². The molecule has 1 aliphatic rings. The van der Waals surface area contributed by atoms with E-state index in [2.05, 4.69) is 5.16 Å². The molecule has 0 aliphatic heterocycles. The molecule has 114 valence electrons. The first-order chi connectivity index (χ1) is 10.2. The van der Waals surface area contributed by atoms with Crippen LogP contribution in [0.15, 0.2) is 34.3 Å². The first-order valence-corrected chi connectivity index (χ1v) is 8.29. The summed E-state index contributed by atoms with van der Waals surface area (Å²) in [5.74, 6) is 0.0112. The Labute approximate surface area is 129 Å². The second kappa shape index (κ2) is 7.36. The van der Waals surface area contributed by atoms with Crippen LogP contribution in [0.1, 0.15) is 36.0 Å². The summed E-state index contributed by atoms with van der Waals surface area (Å²) < 4.78 is 0. The van der Waals surface area contributed by atoms with Crippen molar-refractivity contribution < 1.29 is 10.0 Å². The number of carbonyl (C=O) groups excluding carboxylic acids is 1. The number of amidine groups is 1. The first-order valence-electron chi connectivity index (χ1n) is 7.07. The molecule has 5 nitrogen and oxygen atoms in total. The Balaban J connectivity index is 2.19. The number of hydrogen-bond acceptors (Lipinski definition) is 4. The lowest BCUT2D eigenvalue weighted by atomic mass is 10.1. The maximum absolute atomic E-state index is 12.7. The third kappa shape index (κ3) is 3.91. The third-order valence-corrected chi connectivity index (χ3v) is 4.57. The van der Waals surface area contributed by atoms with Crippen LogP contribution in [-0.4, -0.2) is 40.7 Å². The van der Waals surface area contributed by atoms with Crippen molar-refractivity contribution in [3.05, 3.63) is 29.8 Å². The second-order valence-corrected chi connectivity index (χ2v) is 6.07. The molecule has 3 N–H and O–H groups in total. The SMILES string of the molecule is CSc1ccc(C(=O)N(CC(N)=NO)C2CCCC2)cc1. The molecule has 1 aromatic carbocycles. The van der Waals surface area contributed by atoms with E-state index in [9.17, 15) is 4.79 Å². The average molecular weight is 307 g/mol. The Bertz CT molecular complexity index is 510.